The molecule has 0 saturated heterocycles. The van der Waals surface area contributed by atoms with Gasteiger partial charge in [0.2, 0.25) is 15.9 Å². The predicted octanol–water partition coefficient (Wildman–Crippen LogP) is 1.62. The molecule has 0 radical (unpaired) electrons. The number of methoxy groups -OCH3 is 1. The summed E-state index contributed by atoms with van der Waals surface area (Å²) in [6, 6.07) is 7.20. The van der Waals surface area contributed by atoms with Gasteiger partial charge in [-0.25, -0.2) is 8.42 Å². The molecule has 1 aromatic rings. The van der Waals surface area contributed by atoms with Gasteiger partial charge in [-0.3, -0.25) is 4.79 Å². The van der Waals surface area contributed by atoms with Crippen molar-refractivity contribution in [3.8, 4) is 5.75 Å². The van der Waals surface area contributed by atoms with E-state index in [2.05, 4.69) is 5.32 Å². The number of hydrogen-bond donors (Lipinski definition) is 1. The van der Waals surface area contributed by atoms with Gasteiger partial charge in [0, 0.05) is 26.1 Å². The van der Waals surface area contributed by atoms with E-state index in [0.717, 1.165) is 11.8 Å². The van der Waals surface area contributed by atoms with Crippen LogP contribution in [0, 0.1) is 5.92 Å². The number of nitrogens with zero attached hydrogens (tertiary/aromatic N) is 1. The quantitative estimate of drug-likeness (QED) is 0.740. The Bertz CT molecular complexity index is 597. The molecule has 1 N–H and O–H groups in total. The highest BCUT2D eigenvalue weighted by Gasteiger charge is 2.18. The van der Waals surface area contributed by atoms with E-state index in [-0.39, 0.29) is 25.4 Å². The summed E-state index contributed by atoms with van der Waals surface area (Å²) < 4.78 is 30.2. The summed E-state index contributed by atoms with van der Waals surface area (Å²) in [7, 11) is -1.81. The summed E-state index contributed by atoms with van der Waals surface area (Å²) in [6.07, 6.45) is 1.30. The zero-order valence-corrected chi connectivity index (χ0v) is 15.0. The number of benzene rings is 1. The zero-order chi connectivity index (χ0) is 17.5. The van der Waals surface area contributed by atoms with E-state index in [4.69, 9.17) is 4.74 Å². The van der Waals surface area contributed by atoms with E-state index in [0.29, 0.717) is 18.2 Å². The molecule has 0 bridgehead atoms. The molecule has 0 aromatic heterocycles. The summed E-state index contributed by atoms with van der Waals surface area (Å²) in [5.74, 6) is 0.944. The molecule has 23 heavy (non-hydrogen) atoms. The van der Waals surface area contributed by atoms with Crippen molar-refractivity contribution in [1.82, 2.24) is 9.62 Å². The van der Waals surface area contributed by atoms with Crippen LogP contribution in [0.15, 0.2) is 24.3 Å². The van der Waals surface area contributed by atoms with Gasteiger partial charge in [0.1, 0.15) is 5.75 Å². The maximum Gasteiger partial charge on any atom is 0.221 e. The summed E-state index contributed by atoms with van der Waals surface area (Å²) in [5.41, 5.74) is 0.846. The molecule has 0 unspecified atom stereocenters. The van der Waals surface area contributed by atoms with Crippen molar-refractivity contribution >= 4 is 15.9 Å². The minimum atomic E-state index is -3.38. The van der Waals surface area contributed by atoms with Crippen molar-refractivity contribution in [2.45, 2.75) is 26.8 Å². The van der Waals surface area contributed by atoms with Crippen molar-refractivity contribution in [3.63, 3.8) is 0 Å². The van der Waals surface area contributed by atoms with Crippen molar-refractivity contribution in [2.75, 3.05) is 26.5 Å². The zero-order valence-electron chi connectivity index (χ0n) is 14.2. The molecule has 0 aliphatic heterocycles. The average Bonchev–Trinajstić information content (AvgIpc) is 2.48. The lowest BCUT2D eigenvalue weighted by Crippen LogP contribution is -2.35. The van der Waals surface area contributed by atoms with Gasteiger partial charge in [0.15, 0.2) is 0 Å². The van der Waals surface area contributed by atoms with Gasteiger partial charge in [0.25, 0.3) is 0 Å². The molecule has 1 rings (SSSR count). The van der Waals surface area contributed by atoms with E-state index in [1.165, 1.54) is 4.31 Å². The van der Waals surface area contributed by atoms with Crippen LogP contribution in [-0.2, 0) is 21.4 Å². The molecule has 7 heteroatoms. The van der Waals surface area contributed by atoms with Gasteiger partial charge in [0.05, 0.1) is 13.4 Å². The Labute approximate surface area is 138 Å². The molecule has 0 atom stereocenters. The van der Waals surface area contributed by atoms with Gasteiger partial charge in [-0.1, -0.05) is 26.0 Å². The fraction of sp³-hybridized carbons (Fsp3) is 0.562. The normalized spacial score (nSPS) is 11.7. The average molecular weight is 342 g/mol. The van der Waals surface area contributed by atoms with Crippen molar-refractivity contribution in [2.24, 2.45) is 5.92 Å². The lowest BCUT2D eigenvalue weighted by molar-refractivity contribution is -0.121. The number of carbonyl (C=O) groups is 1. The fourth-order valence-corrected chi connectivity index (χ4v) is 2.74. The van der Waals surface area contributed by atoms with Crippen LogP contribution in [-0.4, -0.2) is 45.1 Å². The number of rotatable bonds is 9. The van der Waals surface area contributed by atoms with Crippen LogP contribution in [0.1, 0.15) is 25.8 Å². The molecule has 0 heterocycles. The lowest BCUT2D eigenvalue weighted by Gasteiger charge is -2.20. The van der Waals surface area contributed by atoms with Crippen molar-refractivity contribution in [3.05, 3.63) is 29.8 Å². The largest absolute Gasteiger partial charge is 0.497 e. The second-order valence-electron chi connectivity index (χ2n) is 5.89. The first-order valence-corrected chi connectivity index (χ1v) is 9.42. The van der Waals surface area contributed by atoms with E-state index in [1.54, 1.807) is 19.2 Å². The molecular formula is C16H26N2O4S. The third kappa shape index (κ3) is 7.47. The highest BCUT2D eigenvalue weighted by atomic mass is 32.2. The Morgan fingerprint density at radius 3 is 2.35 bits per heavy atom. The van der Waals surface area contributed by atoms with Gasteiger partial charge in [-0.2, -0.15) is 4.31 Å². The van der Waals surface area contributed by atoms with Crippen LogP contribution < -0.4 is 10.1 Å². The van der Waals surface area contributed by atoms with Crippen molar-refractivity contribution in [1.29, 1.82) is 0 Å². The van der Waals surface area contributed by atoms with E-state index in [9.17, 15) is 13.2 Å². The van der Waals surface area contributed by atoms with E-state index < -0.39 is 10.0 Å². The summed E-state index contributed by atoms with van der Waals surface area (Å²) in [4.78, 5) is 11.8. The molecule has 0 aliphatic rings. The van der Waals surface area contributed by atoms with Gasteiger partial charge >= 0.3 is 0 Å². The SMILES string of the molecule is COc1ccc(CN(CCC(=O)NCC(C)C)S(C)(=O)=O)cc1. The van der Waals surface area contributed by atoms with Crippen molar-refractivity contribution < 1.29 is 17.9 Å². The van der Waals surface area contributed by atoms with Gasteiger partial charge in [-0.15, -0.1) is 0 Å². The van der Waals surface area contributed by atoms with Crippen LogP contribution in [0.5, 0.6) is 5.75 Å². The first-order chi connectivity index (χ1) is 10.7. The molecule has 0 fully saturated rings. The Morgan fingerprint density at radius 2 is 1.87 bits per heavy atom. The predicted molar refractivity (Wildman–Crippen MR) is 90.7 cm³/mol. The van der Waals surface area contributed by atoms with E-state index in [1.807, 2.05) is 26.0 Å². The van der Waals surface area contributed by atoms with Gasteiger partial charge < -0.3 is 10.1 Å². The molecule has 0 spiro atoms. The third-order valence-corrected chi connectivity index (χ3v) is 4.53. The monoisotopic (exact) mass is 342 g/mol. The standard InChI is InChI=1S/C16H26N2O4S/c1-13(2)11-17-16(19)9-10-18(23(4,20)21)12-14-5-7-15(22-3)8-6-14/h5-8,13H,9-12H2,1-4H3,(H,17,19). The van der Waals surface area contributed by atoms with Gasteiger partial charge in [-0.05, 0) is 23.6 Å². The second-order valence-corrected chi connectivity index (χ2v) is 7.87. The molecule has 1 amide bonds. The third-order valence-electron chi connectivity index (χ3n) is 3.28. The smallest absolute Gasteiger partial charge is 0.221 e. The topological polar surface area (TPSA) is 75.7 Å². The van der Waals surface area contributed by atoms with Crippen LogP contribution in [0.25, 0.3) is 0 Å². The van der Waals surface area contributed by atoms with Crippen LogP contribution in [0.3, 0.4) is 0 Å². The molecule has 0 aliphatic carbocycles. The Kier molecular flexibility index (Phi) is 7.51. The minimum absolute atomic E-state index is 0.137. The Balaban J connectivity index is 2.64. The second kappa shape index (κ2) is 8.88. The number of carbonyl (C=O) groups excluding carboxylic acids is 1. The molecular weight excluding hydrogens is 316 g/mol. The number of amides is 1. The first-order valence-electron chi connectivity index (χ1n) is 7.57. The lowest BCUT2D eigenvalue weighted by atomic mass is 10.2. The fourth-order valence-electron chi connectivity index (χ4n) is 1.93. The summed E-state index contributed by atoms with van der Waals surface area (Å²) >= 11 is 0. The van der Waals surface area contributed by atoms with Crippen LogP contribution in [0.4, 0.5) is 0 Å². The number of sulfonamides is 1. The highest BCUT2D eigenvalue weighted by molar-refractivity contribution is 7.88. The summed E-state index contributed by atoms with van der Waals surface area (Å²) in [5, 5.41) is 2.79. The molecule has 0 saturated carbocycles. The Hall–Kier alpha value is -1.60. The maximum absolute atomic E-state index is 11.9. The minimum Gasteiger partial charge on any atom is -0.497 e. The number of ether oxygens (including phenoxy) is 1. The number of hydrogen-bond acceptors (Lipinski definition) is 4. The first kappa shape index (κ1) is 19.4. The highest BCUT2D eigenvalue weighted by Crippen LogP contribution is 2.14. The summed E-state index contributed by atoms with van der Waals surface area (Å²) in [6.45, 7) is 5.00. The molecule has 1 aromatic carbocycles. The van der Waals surface area contributed by atoms with Crippen LogP contribution in [0.2, 0.25) is 0 Å². The Morgan fingerprint density at radius 1 is 1.26 bits per heavy atom. The molecule has 6 nitrogen and oxygen atoms in total. The number of nitrogens with one attached hydrogen (secondary N) is 1. The maximum atomic E-state index is 11.9. The molecule has 130 valence electrons. The van der Waals surface area contributed by atoms with E-state index >= 15 is 0 Å². The van der Waals surface area contributed by atoms with Crippen LogP contribution >= 0.6 is 0 Å².